The molecule has 1 aromatic rings. The molecule has 0 saturated carbocycles. The van der Waals surface area contributed by atoms with Crippen LogP contribution in [-0.4, -0.2) is 5.78 Å². The van der Waals surface area contributed by atoms with Crippen LogP contribution in [0, 0.1) is 0 Å². The lowest BCUT2D eigenvalue weighted by atomic mass is 9.97. The van der Waals surface area contributed by atoms with Gasteiger partial charge >= 0.3 is 12.4 Å². The maximum atomic E-state index is 12.5. The number of hydrogen-bond acceptors (Lipinski definition) is 1. The first-order valence-corrected chi connectivity index (χ1v) is 5.33. The number of Topliss-reactive ketones (excluding diaryl/α,β-unsaturated/α-hetero) is 1. The van der Waals surface area contributed by atoms with Crippen molar-refractivity contribution in [3.05, 3.63) is 34.9 Å². The number of carbonyl (C=O) groups is 1. The van der Waals surface area contributed by atoms with Crippen molar-refractivity contribution in [2.75, 3.05) is 0 Å². The number of halogens is 6. The van der Waals surface area contributed by atoms with E-state index in [0.29, 0.717) is 25.1 Å². The van der Waals surface area contributed by atoms with Gasteiger partial charge < -0.3 is 0 Å². The van der Waals surface area contributed by atoms with Crippen LogP contribution in [0.3, 0.4) is 0 Å². The van der Waals surface area contributed by atoms with Gasteiger partial charge in [-0.05, 0) is 19.1 Å². The molecule has 7 heteroatoms. The molecule has 1 nitrogen and oxygen atoms in total. The largest absolute Gasteiger partial charge is 0.417 e. The zero-order valence-corrected chi connectivity index (χ0v) is 10.4. The molecule has 0 saturated heterocycles. The monoisotopic (exact) mass is 286 g/mol. The van der Waals surface area contributed by atoms with E-state index < -0.39 is 34.8 Å². The smallest absolute Gasteiger partial charge is 0.294 e. The van der Waals surface area contributed by atoms with Gasteiger partial charge in [0.15, 0.2) is 5.78 Å². The number of carbonyl (C=O) groups excluding carboxylic acids is 1. The Hall–Kier alpha value is -1.53. The van der Waals surface area contributed by atoms with Gasteiger partial charge in [0.25, 0.3) is 0 Å². The first-order chi connectivity index (χ1) is 8.55. The van der Waals surface area contributed by atoms with E-state index in [-0.39, 0.29) is 0 Å². The van der Waals surface area contributed by atoms with E-state index in [9.17, 15) is 31.1 Å². The minimum atomic E-state index is -5.00. The lowest BCUT2D eigenvalue weighted by molar-refractivity contribution is -0.143. The van der Waals surface area contributed by atoms with Crippen molar-refractivity contribution in [1.29, 1.82) is 0 Å². The zero-order valence-electron chi connectivity index (χ0n) is 10.4. The van der Waals surface area contributed by atoms with Gasteiger partial charge in [0, 0.05) is 5.56 Å². The van der Waals surface area contributed by atoms with Crippen LogP contribution in [0.25, 0.3) is 0 Å². The fourth-order valence-corrected chi connectivity index (χ4v) is 1.40. The average molecular weight is 286 g/mol. The number of hydrogen-bond donors (Lipinski definition) is 0. The van der Waals surface area contributed by atoms with Crippen LogP contribution in [0.15, 0.2) is 18.2 Å². The Morgan fingerprint density at radius 2 is 1.21 bits per heavy atom. The van der Waals surface area contributed by atoms with E-state index in [1.54, 1.807) is 0 Å². The summed E-state index contributed by atoms with van der Waals surface area (Å²) in [5, 5.41) is 0. The Kier molecular flexibility index (Phi) is 5.59. The van der Waals surface area contributed by atoms with E-state index in [0.717, 1.165) is 0 Å². The van der Waals surface area contributed by atoms with E-state index in [1.807, 2.05) is 13.8 Å². The Morgan fingerprint density at radius 1 is 0.895 bits per heavy atom. The highest BCUT2D eigenvalue weighted by atomic mass is 19.4. The van der Waals surface area contributed by atoms with Crippen molar-refractivity contribution in [3.8, 4) is 0 Å². The van der Waals surface area contributed by atoms with Crippen molar-refractivity contribution in [3.63, 3.8) is 0 Å². The molecule has 0 fully saturated rings. The number of benzene rings is 1. The molecule has 0 aliphatic heterocycles. The van der Waals surface area contributed by atoms with Crippen LogP contribution < -0.4 is 0 Å². The molecule has 0 aliphatic carbocycles. The van der Waals surface area contributed by atoms with Crippen molar-refractivity contribution in [2.24, 2.45) is 0 Å². The van der Waals surface area contributed by atoms with Crippen LogP contribution in [0.4, 0.5) is 26.3 Å². The topological polar surface area (TPSA) is 17.1 Å². The molecule has 0 bridgehead atoms. The van der Waals surface area contributed by atoms with Gasteiger partial charge in [-0.15, -0.1) is 0 Å². The summed E-state index contributed by atoms with van der Waals surface area (Å²) in [5.74, 6) is -1.27. The van der Waals surface area contributed by atoms with Crippen molar-refractivity contribution in [1.82, 2.24) is 0 Å². The molecule has 0 aromatic heterocycles. The van der Waals surface area contributed by atoms with Gasteiger partial charge in [0.2, 0.25) is 0 Å². The predicted octanol–water partition coefficient (Wildman–Crippen LogP) is 4.95. The van der Waals surface area contributed by atoms with Crippen molar-refractivity contribution >= 4 is 5.78 Å². The van der Waals surface area contributed by atoms with Crippen molar-refractivity contribution in [2.45, 2.75) is 33.1 Å². The molecule has 108 valence electrons. The molecule has 0 N–H and O–H groups in total. The summed E-state index contributed by atoms with van der Waals surface area (Å²) in [6.07, 6.45) is -10.00. The molecule has 0 amide bonds. The minimum absolute atomic E-state index is 0.450. The molecule has 0 atom stereocenters. The zero-order chi connectivity index (χ0) is 15.4. The first-order valence-electron chi connectivity index (χ1n) is 5.33. The van der Waals surface area contributed by atoms with Crippen LogP contribution in [0.1, 0.15) is 42.3 Å². The molecule has 1 aromatic carbocycles. The van der Waals surface area contributed by atoms with Gasteiger partial charge in [-0.25, -0.2) is 0 Å². The Bertz CT molecular complexity index is 412. The molecule has 0 aliphatic rings. The van der Waals surface area contributed by atoms with Gasteiger partial charge in [0.1, 0.15) is 0 Å². The van der Waals surface area contributed by atoms with Crippen LogP contribution in [0.5, 0.6) is 0 Å². The fraction of sp³-hybridized carbons (Fsp3) is 0.417. The van der Waals surface area contributed by atoms with Gasteiger partial charge in [-0.2, -0.15) is 26.3 Å². The van der Waals surface area contributed by atoms with E-state index in [1.165, 1.54) is 0 Å². The summed E-state index contributed by atoms with van der Waals surface area (Å²) in [6, 6.07) is 1.52. The summed E-state index contributed by atoms with van der Waals surface area (Å²) < 4.78 is 74.7. The lowest BCUT2D eigenvalue weighted by Crippen LogP contribution is -2.18. The first kappa shape index (κ1) is 17.5. The lowest BCUT2D eigenvalue weighted by Gasteiger charge is -2.16. The fourth-order valence-electron chi connectivity index (χ4n) is 1.40. The highest BCUT2D eigenvalue weighted by Crippen LogP contribution is 2.39. The van der Waals surface area contributed by atoms with Crippen LogP contribution in [0.2, 0.25) is 0 Å². The molecule has 1 rings (SSSR count). The maximum Gasteiger partial charge on any atom is 0.417 e. The second-order valence-corrected chi connectivity index (χ2v) is 3.28. The molecule has 0 radical (unpaired) electrons. The predicted molar refractivity (Wildman–Crippen MR) is 57.8 cm³/mol. The quantitative estimate of drug-likeness (QED) is 0.527. The second-order valence-electron chi connectivity index (χ2n) is 3.28. The Morgan fingerprint density at radius 3 is 1.42 bits per heavy atom. The second kappa shape index (κ2) is 6.08. The third kappa shape index (κ3) is 4.25. The van der Waals surface area contributed by atoms with Crippen LogP contribution in [-0.2, 0) is 12.4 Å². The molecular formula is C12H12F6O. The van der Waals surface area contributed by atoms with E-state index >= 15 is 0 Å². The van der Waals surface area contributed by atoms with E-state index in [2.05, 4.69) is 0 Å². The summed E-state index contributed by atoms with van der Waals surface area (Å²) in [7, 11) is 0. The number of ketones is 1. The summed E-state index contributed by atoms with van der Waals surface area (Å²) in [4.78, 5) is 11.0. The van der Waals surface area contributed by atoms with E-state index in [4.69, 9.17) is 0 Å². The third-order valence-electron chi connectivity index (χ3n) is 2.03. The number of rotatable bonds is 1. The highest BCUT2D eigenvalue weighted by molar-refractivity contribution is 5.97. The number of alkyl halides is 6. The Labute approximate surface area is 106 Å². The van der Waals surface area contributed by atoms with Crippen LogP contribution >= 0.6 is 0 Å². The van der Waals surface area contributed by atoms with Gasteiger partial charge in [-0.3, -0.25) is 4.79 Å². The average Bonchev–Trinajstić information content (AvgIpc) is 2.28. The molecular weight excluding hydrogens is 274 g/mol. The Balaban J connectivity index is 0.00000154. The summed E-state index contributed by atoms with van der Waals surface area (Å²) >= 11 is 0. The highest BCUT2D eigenvalue weighted by Gasteiger charge is 2.41. The minimum Gasteiger partial charge on any atom is -0.294 e. The normalized spacial score (nSPS) is 11.6. The maximum absolute atomic E-state index is 12.5. The molecule has 19 heavy (non-hydrogen) atoms. The summed E-state index contributed by atoms with van der Waals surface area (Å²) in [6.45, 7) is 4.67. The molecule has 0 spiro atoms. The standard InChI is InChI=1S/C10H6F6O.C2H6/c1-5(17)8-6(9(11,12)13)3-2-4-7(8)10(14,15)16;1-2/h2-4H,1H3;1-2H3. The summed E-state index contributed by atoms with van der Waals surface area (Å²) in [5.41, 5.74) is -4.48. The van der Waals surface area contributed by atoms with Gasteiger partial charge in [-0.1, -0.05) is 19.9 Å². The SMILES string of the molecule is CC.CC(=O)c1c(C(F)(F)F)cccc1C(F)(F)F. The van der Waals surface area contributed by atoms with Gasteiger partial charge in [0.05, 0.1) is 11.1 Å². The molecule has 0 heterocycles. The molecule has 0 unspecified atom stereocenters. The third-order valence-corrected chi connectivity index (χ3v) is 2.03. The van der Waals surface area contributed by atoms with Crippen molar-refractivity contribution < 1.29 is 31.1 Å².